The molecule has 1 saturated heterocycles. The molecule has 0 aliphatic carbocycles. The van der Waals surface area contributed by atoms with Crippen molar-refractivity contribution in [3.05, 3.63) is 12.7 Å². The Hall–Kier alpha value is -1.11. The molecule has 1 fully saturated rings. The van der Waals surface area contributed by atoms with Gasteiger partial charge in [0.05, 0.1) is 6.54 Å². The van der Waals surface area contributed by atoms with Crippen molar-refractivity contribution in [1.29, 1.82) is 0 Å². The lowest BCUT2D eigenvalue weighted by Gasteiger charge is -2.31. The topological polar surface area (TPSA) is 73.5 Å². The summed E-state index contributed by atoms with van der Waals surface area (Å²) in [7, 11) is 1.96. The van der Waals surface area contributed by atoms with Crippen LogP contribution in [0.2, 0.25) is 0 Å². The number of carbonyl (C=O) groups is 2. The zero-order valence-corrected chi connectivity index (χ0v) is 12.1. The fourth-order valence-electron chi connectivity index (χ4n) is 1.96. The Morgan fingerprint density at radius 3 is 2.53 bits per heavy atom. The fraction of sp³-hybridized carbons (Fsp3) is 0.667. The van der Waals surface area contributed by atoms with E-state index in [1.54, 1.807) is 6.08 Å². The molecule has 1 aliphatic heterocycles. The monoisotopic (exact) mass is 290 g/mol. The molecule has 1 heterocycles. The van der Waals surface area contributed by atoms with Crippen LogP contribution in [0.1, 0.15) is 12.8 Å². The van der Waals surface area contributed by atoms with Gasteiger partial charge in [0.25, 0.3) is 0 Å². The standard InChI is InChI=1S/C12H22N4O2.ClH/c1-3-6-14-12(18)15-11(17)9-16-7-4-10(13-2)5-8-16;/h3,10,13H,1,4-9H2,2H3,(H2,14,15,17,18);1H. The number of likely N-dealkylation sites (tertiary alicyclic amines) is 1. The molecule has 110 valence electrons. The molecule has 7 heteroatoms. The van der Waals surface area contributed by atoms with E-state index in [9.17, 15) is 9.59 Å². The number of amides is 3. The van der Waals surface area contributed by atoms with Crippen LogP contribution in [0.5, 0.6) is 0 Å². The molecule has 6 nitrogen and oxygen atoms in total. The molecule has 1 rings (SSSR count). The third-order valence-corrected chi connectivity index (χ3v) is 3.02. The van der Waals surface area contributed by atoms with Crippen LogP contribution in [0.4, 0.5) is 4.79 Å². The average molecular weight is 291 g/mol. The molecule has 0 unspecified atom stereocenters. The molecule has 19 heavy (non-hydrogen) atoms. The van der Waals surface area contributed by atoms with E-state index in [4.69, 9.17) is 0 Å². The van der Waals surface area contributed by atoms with E-state index in [1.165, 1.54) is 0 Å². The van der Waals surface area contributed by atoms with Crippen molar-refractivity contribution in [2.45, 2.75) is 18.9 Å². The molecule has 0 aromatic rings. The Bertz CT molecular complexity index is 304. The van der Waals surface area contributed by atoms with Gasteiger partial charge in [0.1, 0.15) is 0 Å². The summed E-state index contributed by atoms with van der Waals surface area (Å²) in [6.45, 7) is 5.87. The zero-order valence-electron chi connectivity index (χ0n) is 11.3. The summed E-state index contributed by atoms with van der Waals surface area (Å²) in [5, 5.41) is 8.02. The van der Waals surface area contributed by atoms with E-state index in [0.29, 0.717) is 12.6 Å². The maximum atomic E-state index is 11.6. The number of carbonyl (C=O) groups excluding carboxylic acids is 2. The van der Waals surface area contributed by atoms with Crippen molar-refractivity contribution < 1.29 is 9.59 Å². The Morgan fingerprint density at radius 2 is 2.00 bits per heavy atom. The minimum atomic E-state index is -0.468. The summed E-state index contributed by atoms with van der Waals surface area (Å²) in [5.41, 5.74) is 0. The van der Waals surface area contributed by atoms with E-state index < -0.39 is 6.03 Å². The van der Waals surface area contributed by atoms with Crippen LogP contribution in [-0.4, -0.2) is 56.1 Å². The molecular formula is C12H23ClN4O2. The third kappa shape index (κ3) is 7.15. The van der Waals surface area contributed by atoms with Crippen LogP contribution in [-0.2, 0) is 4.79 Å². The van der Waals surface area contributed by atoms with Crippen molar-refractivity contribution in [3.8, 4) is 0 Å². The molecule has 0 saturated carbocycles. The van der Waals surface area contributed by atoms with Crippen molar-refractivity contribution in [3.63, 3.8) is 0 Å². The van der Waals surface area contributed by atoms with Gasteiger partial charge in [0.2, 0.25) is 5.91 Å². The highest BCUT2D eigenvalue weighted by Crippen LogP contribution is 2.08. The number of hydrogen-bond acceptors (Lipinski definition) is 4. The van der Waals surface area contributed by atoms with Gasteiger partial charge in [-0.1, -0.05) is 6.08 Å². The highest BCUT2D eigenvalue weighted by molar-refractivity contribution is 5.95. The van der Waals surface area contributed by atoms with E-state index in [2.05, 4.69) is 27.4 Å². The van der Waals surface area contributed by atoms with Gasteiger partial charge in [-0.25, -0.2) is 4.79 Å². The van der Waals surface area contributed by atoms with Crippen molar-refractivity contribution in [2.24, 2.45) is 0 Å². The van der Waals surface area contributed by atoms with E-state index in [-0.39, 0.29) is 24.9 Å². The van der Waals surface area contributed by atoms with Crippen LogP contribution in [0.25, 0.3) is 0 Å². The average Bonchev–Trinajstić information content (AvgIpc) is 2.37. The predicted molar refractivity (Wildman–Crippen MR) is 77.5 cm³/mol. The number of imide groups is 1. The molecule has 3 N–H and O–H groups in total. The number of piperidine rings is 1. The molecule has 3 amide bonds. The lowest BCUT2D eigenvalue weighted by molar-refractivity contribution is -0.121. The SMILES string of the molecule is C=CCNC(=O)NC(=O)CN1CCC(NC)CC1.Cl. The zero-order chi connectivity index (χ0) is 13.4. The molecule has 0 aromatic heterocycles. The maximum Gasteiger partial charge on any atom is 0.321 e. The third-order valence-electron chi connectivity index (χ3n) is 3.02. The molecule has 1 aliphatic rings. The van der Waals surface area contributed by atoms with Gasteiger partial charge >= 0.3 is 6.03 Å². The van der Waals surface area contributed by atoms with Gasteiger partial charge in [-0.15, -0.1) is 19.0 Å². The molecule has 0 aromatic carbocycles. The Labute approximate surface area is 120 Å². The van der Waals surface area contributed by atoms with Crippen LogP contribution >= 0.6 is 12.4 Å². The highest BCUT2D eigenvalue weighted by atomic mass is 35.5. The molecule has 0 spiro atoms. The number of rotatable bonds is 5. The van der Waals surface area contributed by atoms with E-state index in [1.807, 2.05) is 7.05 Å². The second-order valence-corrected chi connectivity index (χ2v) is 4.39. The van der Waals surface area contributed by atoms with E-state index in [0.717, 1.165) is 25.9 Å². The fourth-order valence-corrected chi connectivity index (χ4v) is 1.96. The van der Waals surface area contributed by atoms with Gasteiger partial charge in [-0.05, 0) is 19.9 Å². The first-order chi connectivity index (χ1) is 8.65. The number of halogens is 1. The molecule has 0 radical (unpaired) electrons. The molecule has 0 atom stereocenters. The summed E-state index contributed by atoms with van der Waals surface area (Å²) in [5.74, 6) is -0.264. The summed E-state index contributed by atoms with van der Waals surface area (Å²) >= 11 is 0. The van der Waals surface area contributed by atoms with Gasteiger partial charge < -0.3 is 10.6 Å². The second kappa shape index (κ2) is 9.77. The summed E-state index contributed by atoms with van der Waals surface area (Å²) in [4.78, 5) is 24.9. The minimum absolute atomic E-state index is 0. The normalized spacial score (nSPS) is 16.3. The number of urea groups is 1. The Balaban J connectivity index is 0.00000324. The van der Waals surface area contributed by atoms with Crippen LogP contribution in [0, 0.1) is 0 Å². The minimum Gasteiger partial charge on any atom is -0.334 e. The van der Waals surface area contributed by atoms with Crippen LogP contribution < -0.4 is 16.0 Å². The quantitative estimate of drug-likeness (QED) is 0.628. The number of nitrogens with one attached hydrogen (secondary N) is 3. The largest absolute Gasteiger partial charge is 0.334 e. The molecular weight excluding hydrogens is 268 g/mol. The van der Waals surface area contributed by atoms with Gasteiger partial charge in [-0.3, -0.25) is 15.0 Å². The highest BCUT2D eigenvalue weighted by Gasteiger charge is 2.20. The van der Waals surface area contributed by atoms with Crippen LogP contribution in [0.3, 0.4) is 0 Å². The lowest BCUT2D eigenvalue weighted by atomic mass is 10.1. The first kappa shape index (κ1) is 17.9. The smallest absolute Gasteiger partial charge is 0.321 e. The first-order valence-corrected chi connectivity index (χ1v) is 6.24. The Kier molecular flexibility index (Phi) is 9.20. The maximum absolute atomic E-state index is 11.6. The Morgan fingerprint density at radius 1 is 1.37 bits per heavy atom. The van der Waals surface area contributed by atoms with Gasteiger partial charge in [0, 0.05) is 25.7 Å². The predicted octanol–water partition coefficient (Wildman–Crippen LogP) is 0.104. The van der Waals surface area contributed by atoms with Gasteiger partial charge in [-0.2, -0.15) is 0 Å². The number of nitrogens with zero attached hydrogens (tertiary/aromatic N) is 1. The summed E-state index contributed by atoms with van der Waals surface area (Å²) in [6, 6.07) is 0.0743. The summed E-state index contributed by atoms with van der Waals surface area (Å²) < 4.78 is 0. The van der Waals surface area contributed by atoms with Crippen LogP contribution in [0.15, 0.2) is 12.7 Å². The van der Waals surface area contributed by atoms with Gasteiger partial charge in [0.15, 0.2) is 0 Å². The summed E-state index contributed by atoms with van der Waals surface area (Å²) in [6.07, 6.45) is 3.63. The van der Waals surface area contributed by atoms with Crippen molar-refractivity contribution in [2.75, 3.05) is 33.2 Å². The first-order valence-electron chi connectivity index (χ1n) is 6.24. The van der Waals surface area contributed by atoms with E-state index >= 15 is 0 Å². The molecule has 0 bridgehead atoms. The van der Waals surface area contributed by atoms with Crippen molar-refractivity contribution in [1.82, 2.24) is 20.9 Å². The second-order valence-electron chi connectivity index (χ2n) is 4.39. The van der Waals surface area contributed by atoms with Crippen molar-refractivity contribution >= 4 is 24.3 Å². The lowest BCUT2D eigenvalue weighted by Crippen LogP contribution is -2.48. The number of hydrogen-bond donors (Lipinski definition) is 3.